The molecule has 1 unspecified atom stereocenters. The number of hydrogen-bond acceptors (Lipinski definition) is 2. The van der Waals surface area contributed by atoms with E-state index < -0.39 is 0 Å². The molecule has 0 aromatic carbocycles. The Morgan fingerprint density at radius 1 is 1.29 bits per heavy atom. The van der Waals surface area contributed by atoms with E-state index in [0.29, 0.717) is 13.0 Å². The van der Waals surface area contributed by atoms with Gasteiger partial charge in [0.1, 0.15) is 0 Å². The Bertz CT molecular complexity index is 302. The molecule has 1 fully saturated rings. The summed E-state index contributed by atoms with van der Waals surface area (Å²) < 4.78 is 0. The third-order valence-corrected chi connectivity index (χ3v) is 3.39. The SMILES string of the molecule is CC(C)C1CC(=O)N(CCCC(C)(C)C)C1=O. The molecule has 1 rings (SSSR count). The van der Waals surface area contributed by atoms with Crippen LogP contribution in [0.2, 0.25) is 0 Å². The highest BCUT2D eigenvalue weighted by atomic mass is 16.2. The van der Waals surface area contributed by atoms with Crippen LogP contribution < -0.4 is 0 Å². The van der Waals surface area contributed by atoms with Crippen LogP contribution in [0.25, 0.3) is 0 Å². The summed E-state index contributed by atoms with van der Waals surface area (Å²) in [5.41, 5.74) is 0.267. The summed E-state index contributed by atoms with van der Waals surface area (Å²) in [6.07, 6.45) is 2.36. The largest absolute Gasteiger partial charge is 0.282 e. The van der Waals surface area contributed by atoms with Gasteiger partial charge in [0.15, 0.2) is 0 Å². The second-order valence-electron chi connectivity index (χ2n) is 6.60. The second kappa shape index (κ2) is 5.19. The minimum Gasteiger partial charge on any atom is -0.282 e. The number of rotatable bonds is 4. The summed E-state index contributed by atoms with van der Waals surface area (Å²) in [7, 11) is 0. The molecule has 1 aliphatic rings. The van der Waals surface area contributed by atoms with Gasteiger partial charge in [-0.25, -0.2) is 0 Å². The van der Waals surface area contributed by atoms with Crippen LogP contribution >= 0.6 is 0 Å². The highest BCUT2D eigenvalue weighted by Gasteiger charge is 2.39. The molecule has 0 radical (unpaired) electrons. The minimum absolute atomic E-state index is 0.0163. The van der Waals surface area contributed by atoms with E-state index in [2.05, 4.69) is 20.8 Å². The molecule has 0 aromatic heterocycles. The van der Waals surface area contributed by atoms with E-state index >= 15 is 0 Å². The number of imide groups is 1. The standard InChI is InChI=1S/C14H25NO2/c1-10(2)11-9-12(16)15(13(11)17)8-6-7-14(3,4)5/h10-11H,6-9H2,1-5H3. The lowest BCUT2D eigenvalue weighted by molar-refractivity contribution is -0.139. The fraction of sp³-hybridized carbons (Fsp3) is 0.857. The Morgan fingerprint density at radius 3 is 2.29 bits per heavy atom. The zero-order valence-electron chi connectivity index (χ0n) is 11.7. The van der Waals surface area contributed by atoms with Crippen molar-refractivity contribution in [1.82, 2.24) is 4.90 Å². The number of nitrogens with zero attached hydrogens (tertiary/aromatic N) is 1. The van der Waals surface area contributed by atoms with Crippen molar-refractivity contribution in [1.29, 1.82) is 0 Å². The van der Waals surface area contributed by atoms with E-state index in [9.17, 15) is 9.59 Å². The number of carbonyl (C=O) groups is 2. The van der Waals surface area contributed by atoms with Gasteiger partial charge >= 0.3 is 0 Å². The molecule has 17 heavy (non-hydrogen) atoms. The Balaban J connectivity index is 2.49. The molecule has 0 aliphatic carbocycles. The third-order valence-electron chi connectivity index (χ3n) is 3.39. The maximum Gasteiger partial charge on any atom is 0.233 e. The molecule has 98 valence electrons. The normalized spacial score (nSPS) is 21.8. The highest BCUT2D eigenvalue weighted by Crippen LogP contribution is 2.27. The van der Waals surface area contributed by atoms with E-state index in [1.807, 2.05) is 13.8 Å². The summed E-state index contributed by atoms with van der Waals surface area (Å²) in [6, 6.07) is 0. The van der Waals surface area contributed by atoms with Crippen molar-refractivity contribution >= 4 is 11.8 Å². The van der Waals surface area contributed by atoms with E-state index in [1.54, 1.807) is 0 Å². The molecular formula is C14H25NO2. The van der Waals surface area contributed by atoms with Crippen LogP contribution in [-0.4, -0.2) is 23.3 Å². The van der Waals surface area contributed by atoms with Gasteiger partial charge < -0.3 is 0 Å². The van der Waals surface area contributed by atoms with Crippen molar-refractivity contribution < 1.29 is 9.59 Å². The molecule has 0 spiro atoms. The highest BCUT2D eigenvalue weighted by molar-refractivity contribution is 6.03. The fourth-order valence-corrected chi connectivity index (χ4v) is 2.23. The molecule has 1 aliphatic heterocycles. The Morgan fingerprint density at radius 2 is 1.88 bits per heavy atom. The van der Waals surface area contributed by atoms with E-state index in [4.69, 9.17) is 0 Å². The molecule has 1 saturated heterocycles. The summed E-state index contributed by atoms with van der Waals surface area (Å²) in [4.78, 5) is 25.2. The molecule has 1 atom stereocenters. The Hall–Kier alpha value is -0.860. The number of carbonyl (C=O) groups excluding carboxylic acids is 2. The van der Waals surface area contributed by atoms with Gasteiger partial charge in [-0.1, -0.05) is 34.6 Å². The smallest absolute Gasteiger partial charge is 0.233 e. The van der Waals surface area contributed by atoms with E-state index in [-0.39, 0.29) is 29.1 Å². The van der Waals surface area contributed by atoms with Gasteiger partial charge in [0, 0.05) is 18.9 Å². The fourth-order valence-electron chi connectivity index (χ4n) is 2.23. The number of amides is 2. The average molecular weight is 239 g/mol. The summed E-state index contributed by atoms with van der Waals surface area (Å²) >= 11 is 0. The lowest BCUT2D eigenvalue weighted by Crippen LogP contribution is -2.33. The first-order valence-corrected chi connectivity index (χ1v) is 6.56. The predicted octanol–water partition coefficient (Wildman–Crippen LogP) is 2.84. The molecular weight excluding hydrogens is 214 g/mol. The van der Waals surface area contributed by atoms with Crippen LogP contribution in [0, 0.1) is 17.3 Å². The van der Waals surface area contributed by atoms with Gasteiger partial charge in [0.25, 0.3) is 0 Å². The van der Waals surface area contributed by atoms with Crippen molar-refractivity contribution in [3.63, 3.8) is 0 Å². The average Bonchev–Trinajstić information content (AvgIpc) is 2.43. The van der Waals surface area contributed by atoms with Crippen molar-refractivity contribution in [2.24, 2.45) is 17.3 Å². The molecule has 1 heterocycles. The Labute approximate surface area is 105 Å². The van der Waals surface area contributed by atoms with Crippen LogP contribution in [0.3, 0.4) is 0 Å². The predicted molar refractivity (Wildman–Crippen MR) is 68.4 cm³/mol. The van der Waals surface area contributed by atoms with Crippen LogP contribution in [-0.2, 0) is 9.59 Å². The number of likely N-dealkylation sites (tertiary alicyclic amines) is 1. The maximum absolute atomic E-state index is 12.0. The van der Waals surface area contributed by atoms with Gasteiger partial charge in [0.2, 0.25) is 11.8 Å². The van der Waals surface area contributed by atoms with Gasteiger partial charge in [-0.15, -0.1) is 0 Å². The molecule has 0 saturated carbocycles. The third kappa shape index (κ3) is 3.83. The zero-order chi connectivity index (χ0) is 13.2. The zero-order valence-corrected chi connectivity index (χ0v) is 11.7. The summed E-state index contributed by atoms with van der Waals surface area (Å²) in [5.74, 6) is 0.234. The molecule has 0 N–H and O–H groups in total. The van der Waals surface area contributed by atoms with Crippen molar-refractivity contribution in [3.8, 4) is 0 Å². The molecule has 3 heteroatoms. The lowest BCUT2D eigenvalue weighted by Gasteiger charge is -2.21. The van der Waals surface area contributed by atoms with Crippen LogP contribution in [0.15, 0.2) is 0 Å². The van der Waals surface area contributed by atoms with Crippen molar-refractivity contribution in [2.45, 2.75) is 53.9 Å². The minimum atomic E-state index is -0.0860. The maximum atomic E-state index is 12.0. The first kappa shape index (κ1) is 14.2. The van der Waals surface area contributed by atoms with Gasteiger partial charge in [0.05, 0.1) is 0 Å². The molecule has 3 nitrogen and oxygen atoms in total. The number of hydrogen-bond donors (Lipinski definition) is 0. The first-order valence-electron chi connectivity index (χ1n) is 6.56. The second-order valence-corrected chi connectivity index (χ2v) is 6.60. The van der Waals surface area contributed by atoms with Crippen LogP contribution in [0.5, 0.6) is 0 Å². The van der Waals surface area contributed by atoms with E-state index in [1.165, 1.54) is 4.90 Å². The van der Waals surface area contributed by atoms with Gasteiger partial charge in [-0.05, 0) is 24.2 Å². The van der Waals surface area contributed by atoms with Crippen LogP contribution in [0.1, 0.15) is 53.9 Å². The van der Waals surface area contributed by atoms with Crippen molar-refractivity contribution in [2.75, 3.05) is 6.54 Å². The Kier molecular flexibility index (Phi) is 4.34. The molecule has 2 amide bonds. The van der Waals surface area contributed by atoms with Gasteiger partial charge in [-0.2, -0.15) is 0 Å². The summed E-state index contributed by atoms with van der Waals surface area (Å²) in [6.45, 7) is 11.1. The first-order chi connectivity index (χ1) is 7.72. The molecule has 0 aromatic rings. The molecule has 0 bridgehead atoms. The van der Waals surface area contributed by atoms with E-state index in [0.717, 1.165) is 12.8 Å². The van der Waals surface area contributed by atoms with Crippen molar-refractivity contribution in [3.05, 3.63) is 0 Å². The topological polar surface area (TPSA) is 37.4 Å². The monoisotopic (exact) mass is 239 g/mol. The lowest BCUT2D eigenvalue weighted by atomic mass is 9.90. The van der Waals surface area contributed by atoms with Crippen LogP contribution in [0.4, 0.5) is 0 Å². The van der Waals surface area contributed by atoms with Gasteiger partial charge in [-0.3, -0.25) is 14.5 Å². The quantitative estimate of drug-likeness (QED) is 0.707. The summed E-state index contributed by atoms with van der Waals surface area (Å²) in [5, 5.41) is 0.